The van der Waals surface area contributed by atoms with Gasteiger partial charge in [0.15, 0.2) is 11.5 Å². The molecule has 4 rings (SSSR count). The Hall–Kier alpha value is -4.25. The lowest BCUT2D eigenvalue weighted by Crippen LogP contribution is -2.50. The number of amides is 3. The van der Waals surface area contributed by atoms with Gasteiger partial charge < -0.3 is 35.8 Å². The number of unbranched alkanes of at least 4 members (excludes halogenated alkanes) is 1. The molecule has 10 nitrogen and oxygen atoms in total. The van der Waals surface area contributed by atoms with Gasteiger partial charge in [-0.1, -0.05) is 38.0 Å². The van der Waals surface area contributed by atoms with Gasteiger partial charge in [0.25, 0.3) is 0 Å². The molecule has 2 aromatic carbocycles. The summed E-state index contributed by atoms with van der Waals surface area (Å²) in [5, 5.41) is 21.2. The van der Waals surface area contributed by atoms with Crippen molar-refractivity contribution in [2.24, 2.45) is 0 Å². The molecule has 3 aromatic rings. The van der Waals surface area contributed by atoms with E-state index in [1.54, 1.807) is 29.5 Å². The summed E-state index contributed by atoms with van der Waals surface area (Å²) in [5.41, 5.74) is 2.48. The van der Waals surface area contributed by atoms with E-state index in [0.717, 1.165) is 30.6 Å². The van der Waals surface area contributed by atoms with E-state index < -0.39 is 24.1 Å². The molecule has 2 heterocycles. The van der Waals surface area contributed by atoms with Gasteiger partial charge in [0.05, 0.1) is 12.5 Å². The fourth-order valence-electron chi connectivity index (χ4n) is 4.41. The molecule has 5 N–H and O–H groups in total. The van der Waals surface area contributed by atoms with Crippen molar-refractivity contribution < 1.29 is 29.0 Å². The molecule has 218 valence electrons. The highest BCUT2D eigenvalue weighted by Gasteiger charge is 2.25. The Kier molecular flexibility index (Phi) is 10.4. The van der Waals surface area contributed by atoms with Gasteiger partial charge in [0.2, 0.25) is 12.7 Å². The highest BCUT2D eigenvalue weighted by Crippen LogP contribution is 2.34. The van der Waals surface area contributed by atoms with Crippen molar-refractivity contribution >= 4 is 34.9 Å². The molecule has 0 fully saturated rings. The van der Waals surface area contributed by atoms with Crippen LogP contribution in [0.3, 0.4) is 0 Å². The van der Waals surface area contributed by atoms with E-state index in [1.165, 1.54) is 9.75 Å². The number of hydrogen-bond acceptors (Lipinski definition) is 7. The smallest absolute Gasteiger partial charge is 0.315 e. The van der Waals surface area contributed by atoms with Gasteiger partial charge in [-0.05, 0) is 60.9 Å². The third kappa shape index (κ3) is 8.87. The third-order valence-electron chi connectivity index (χ3n) is 6.63. The van der Waals surface area contributed by atoms with E-state index in [9.17, 15) is 19.5 Å². The molecule has 1 aliphatic heterocycles. The lowest BCUT2D eigenvalue weighted by Gasteiger charge is -2.22. The van der Waals surface area contributed by atoms with Gasteiger partial charge in [-0.25, -0.2) is 4.79 Å². The van der Waals surface area contributed by atoms with Crippen LogP contribution in [0.4, 0.5) is 10.5 Å². The molecular formula is C30H36N4O6S. The van der Waals surface area contributed by atoms with Crippen molar-refractivity contribution in [3.63, 3.8) is 0 Å². The highest BCUT2D eigenvalue weighted by atomic mass is 32.1. The maximum Gasteiger partial charge on any atom is 0.315 e. The Balaban J connectivity index is 1.31. The van der Waals surface area contributed by atoms with Crippen molar-refractivity contribution in [2.75, 3.05) is 12.1 Å². The molecule has 41 heavy (non-hydrogen) atoms. The zero-order valence-electron chi connectivity index (χ0n) is 23.2. The topological polar surface area (TPSA) is 138 Å². The first-order chi connectivity index (χ1) is 19.8. The number of carboxylic acids is 1. The predicted molar refractivity (Wildman–Crippen MR) is 157 cm³/mol. The average Bonchev–Trinajstić information content (AvgIpc) is 3.60. The quantitative estimate of drug-likeness (QED) is 0.179. The number of carbonyl (C=O) groups is 3. The Labute approximate surface area is 243 Å². The normalized spacial score (nSPS) is 13.2. The lowest BCUT2D eigenvalue weighted by atomic mass is 10.0. The minimum atomic E-state index is -1.07. The van der Waals surface area contributed by atoms with Crippen LogP contribution in [0.5, 0.6) is 11.5 Å². The van der Waals surface area contributed by atoms with Crippen molar-refractivity contribution in [3.05, 3.63) is 75.5 Å². The molecule has 3 amide bonds. The zero-order chi connectivity index (χ0) is 29.2. The Morgan fingerprint density at radius 1 is 0.976 bits per heavy atom. The fraction of sp³-hybridized carbons (Fsp3) is 0.367. The molecule has 1 aliphatic rings. The minimum absolute atomic E-state index is 0.0842. The first-order valence-electron chi connectivity index (χ1n) is 13.6. The molecule has 2 atom stereocenters. The number of hydrogen-bond donors (Lipinski definition) is 5. The van der Waals surface area contributed by atoms with Gasteiger partial charge >= 0.3 is 12.0 Å². The van der Waals surface area contributed by atoms with Gasteiger partial charge in [0.1, 0.15) is 6.04 Å². The molecule has 0 unspecified atom stereocenters. The average molecular weight is 581 g/mol. The van der Waals surface area contributed by atoms with Crippen molar-refractivity contribution in [1.29, 1.82) is 0 Å². The number of benzene rings is 2. The van der Waals surface area contributed by atoms with Crippen LogP contribution in [0, 0.1) is 6.92 Å². The van der Waals surface area contributed by atoms with Gasteiger partial charge in [0, 0.05) is 28.5 Å². The second-order valence-corrected chi connectivity index (χ2v) is 11.2. The molecule has 0 radical (unpaired) electrons. The number of rotatable bonds is 14. The van der Waals surface area contributed by atoms with E-state index >= 15 is 0 Å². The highest BCUT2D eigenvalue weighted by molar-refractivity contribution is 7.11. The SMILES string of the molecule is CCCC[C@H](NC(=O)N[C@@H](CC(=O)O)c1ccc2c(c1)OCO2)C(=O)NCc1ccc(NCc2ccc(C)s2)cc1. The number of anilines is 1. The van der Waals surface area contributed by atoms with Crippen LogP contribution < -0.4 is 30.7 Å². The maximum atomic E-state index is 13.1. The monoisotopic (exact) mass is 580 g/mol. The van der Waals surface area contributed by atoms with Crippen LogP contribution in [0.2, 0.25) is 0 Å². The van der Waals surface area contributed by atoms with Gasteiger partial charge in [-0.3, -0.25) is 9.59 Å². The molecule has 11 heteroatoms. The fourth-order valence-corrected chi connectivity index (χ4v) is 5.24. The summed E-state index contributed by atoms with van der Waals surface area (Å²) in [4.78, 5) is 40.1. The summed E-state index contributed by atoms with van der Waals surface area (Å²) >= 11 is 1.76. The van der Waals surface area contributed by atoms with Crippen LogP contribution in [-0.2, 0) is 22.7 Å². The van der Waals surface area contributed by atoms with Crippen molar-refractivity contribution in [1.82, 2.24) is 16.0 Å². The summed E-state index contributed by atoms with van der Waals surface area (Å²) < 4.78 is 10.7. The molecular weight excluding hydrogens is 544 g/mol. The number of nitrogens with one attached hydrogen (secondary N) is 4. The van der Waals surface area contributed by atoms with Crippen LogP contribution in [0.15, 0.2) is 54.6 Å². The number of carbonyl (C=O) groups excluding carboxylic acids is 2. The predicted octanol–water partition coefficient (Wildman–Crippen LogP) is 5.09. The summed E-state index contributed by atoms with van der Waals surface area (Å²) in [6, 6.07) is 14.9. The van der Waals surface area contributed by atoms with Crippen molar-refractivity contribution in [3.8, 4) is 11.5 Å². The number of carboxylic acid groups (broad SMARTS) is 1. The van der Waals surface area contributed by atoms with Crippen molar-refractivity contribution in [2.45, 2.75) is 64.7 Å². The largest absolute Gasteiger partial charge is 0.481 e. The first-order valence-corrected chi connectivity index (χ1v) is 14.5. The Morgan fingerprint density at radius 2 is 1.76 bits per heavy atom. The molecule has 0 bridgehead atoms. The molecule has 0 saturated carbocycles. The van der Waals surface area contributed by atoms with E-state index in [-0.39, 0.29) is 19.1 Å². The summed E-state index contributed by atoms with van der Waals surface area (Å²) in [6.07, 6.45) is 1.71. The molecule has 1 aromatic heterocycles. The number of fused-ring (bicyclic) bond motifs is 1. The maximum absolute atomic E-state index is 13.1. The lowest BCUT2D eigenvalue weighted by molar-refractivity contribution is -0.137. The molecule has 0 aliphatic carbocycles. The standard InChI is InChI=1S/C30H36N4O6S/c1-3-4-5-24(29(37)32-16-20-7-10-22(11-8-20)31-17-23-12-6-19(2)41-23)33-30(38)34-25(15-28(35)36)21-9-13-26-27(14-21)40-18-39-26/h6-14,24-25,31H,3-5,15-18H2,1-2H3,(H,32,37)(H,35,36)(H2,33,34,38)/t24-,25-/m0/s1. The van der Waals surface area contributed by atoms with E-state index in [4.69, 9.17) is 9.47 Å². The number of thiophene rings is 1. The summed E-state index contributed by atoms with van der Waals surface area (Å²) in [5.74, 6) is -0.331. The number of aryl methyl sites for hydroxylation is 1. The Bertz CT molecular complexity index is 1340. The number of ether oxygens (including phenoxy) is 2. The second kappa shape index (κ2) is 14.4. The Morgan fingerprint density at radius 3 is 2.46 bits per heavy atom. The zero-order valence-corrected chi connectivity index (χ0v) is 24.0. The van der Waals surface area contributed by atoms with Gasteiger partial charge in [-0.15, -0.1) is 11.3 Å². The van der Waals surface area contributed by atoms with Gasteiger partial charge in [-0.2, -0.15) is 0 Å². The van der Waals surface area contributed by atoms with E-state index in [2.05, 4.69) is 40.3 Å². The second-order valence-electron chi connectivity index (χ2n) is 9.86. The van der Waals surface area contributed by atoms with Crippen LogP contribution in [0.1, 0.15) is 59.5 Å². The number of aliphatic carboxylic acids is 1. The van der Waals surface area contributed by atoms with Crippen LogP contribution in [-0.4, -0.2) is 35.8 Å². The van der Waals surface area contributed by atoms with Crippen LogP contribution >= 0.6 is 11.3 Å². The minimum Gasteiger partial charge on any atom is -0.481 e. The summed E-state index contributed by atoms with van der Waals surface area (Å²) in [7, 11) is 0. The molecule has 0 saturated heterocycles. The first kappa shape index (κ1) is 29.7. The summed E-state index contributed by atoms with van der Waals surface area (Å²) in [6.45, 7) is 5.24. The third-order valence-corrected chi connectivity index (χ3v) is 7.64. The van der Waals surface area contributed by atoms with E-state index in [1.807, 2.05) is 31.2 Å². The van der Waals surface area contributed by atoms with Crippen LogP contribution in [0.25, 0.3) is 0 Å². The number of urea groups is 1. The molecule has 0 spiro atoms. The van der Waals surface area contributed by atoms with E-state index in [0.29, 0.717) is 30.0 Å².